The average Bonchev–Trinajstić information content (AvgIpc) is 3.41. The molecule has 0 spiro atoms. The fourth-order valence-corrected chi connectivity index (χ4v) is 6.63. The fourth-order valence-electron chi connectivity index (χ4n) is 4.44. The Morgan fingerprint density at radius 2 is 1.93 bits per heavy atom. The van der Waals surface area contributed by atoms with Crippen LogP contribution in [0.5, 0.6) is 5.75 Å². The van der Waals surface area contributed by atoms with E-state index < -0.39 is 9.84 Å². The molecule has 0 unspecified atom stereocenters. The Kier molecular flexibility index (Phi) is 4.07. The Bertz CT molecular complexity index is 1100. The van der Waals surface area contributed by atoms with Crippen molar-refractivity contribution in [1.82, 2.24) is 4.90 Å². The van der Waals surface area contributed by atoms with Crippen LogP contribution < -0.4 is 4.74 Å². The second-order valence-corrected chi connectivity index (χ2v) is 9.60. The summed E-state index contributed by atoms with van der Waals surface area (Å²) in [4.78, 5) is 2.72. The van der Waals surface area contributed by atoms with Gasteiger partial charge in [0.25, 0.3) is 0 Å². The number of hydrogen-bond acceptors (Lipinski definition) is 5. The lowest BCUT2D eigenvalue weighted by Gasteiger charge is -2.17. The van der Waals surface area contributed by atoms with Gasteiger partial charge >= 0.3 is 0 Å². The molecule has 0 bridgehead atoms. The average molecular weight is 395 g/mol. The molecule has 3 heterocycles. The Morgan fingerprint density at radius 1 is 1.11 bits per heavy atom. The maximum absolute atomic E-state index is 13.1. The van der Waals surface area contributed by atoms with Crippen molar-refractivity contribution in [2.75, 3.05) is 20.2 Å². The largest absolute Gasteiger partial charge is 0.497 e. The first-order chi connectivity index (χ1) is 13.6. The first-order valence-electron chi connectivity index (χ1n) is 9.33. The van der Waals surface area contributed by atoms with E-state index in [1.54, 1.807) is 19.4 Å². The van der Waals surface area contributed by atoms with Gasteiger partial charge in [-0.1, -0.05) is 12.1 Å². The normalized spacial score (nSPS) is 22.8. The number of nitrogens with zero attached hydrogens (tertiary/aromatic N) is 1. The quantitative estimate of drug-likeness (QED) is 0.674. The van der Waals surface area contributed by atoms with Crippen molar-refractivity contribution in [3.8, 4) is 17.1 Å². The molecule has 2 aliphatic heterocycles. The standard InChI is InChI=1S/C22H21NO4S/c1-26-17-7-4-15(5-8-17)12-23-13-19-18-11-16(20-3-2-10-27-20)6-9-21(18)28(24,25)22(19)14-23/h2-11,19,22H,12-14H2,1H3/t19-,22-/m0/s1. The summed E-state index contributed by atoms with van der Waals surface area (Å²) in [6.07, 6.45) is 1.63. The van der Waals surface area contributed by atoms with Gasteiger partial charge in [0.15, 0.2) is 9.84 Å². The van der Waals surface area contributed by atoms with E-state index in [9.17, 15) is 8.42 Å². The summed E-state index contributed by atoms with van der Waals surface area (Å²) < 4.78 is 36.9. The molecule has 1 aromatic heterocycles. The maximum atomic E-state index is 13.1. The van der Waals surface area contributed by atoms with E-state index in [2.05, 4.69) is 4.90 Å². The summed E-state index contributed by atoms with van der Waals surface area (Å²) in [6.45, 7) is 2.04. The lowest BCUT2D eigenvalue weighted by Crippen LogP contribution is -2.25. The molecule has 0 radical (unpaired) electrons. The highest BCUT2D eigenvalue weighted by atomic mass is 32.2. The van der Waals surface area contributed by atoms with Crippen molar-refractivity contribution in [2.45, 2.75) is 22.6 Å². The Labute approximate surface area is 164 Å². The third-order valence-corrected chi connectivity index (χ3v) is 8.09. The van der Waals surface area contributed by atoms with Crippen molar-refractivity contribution in [2.24, 2.45) is 0 Å². The zero-order valence-corrected chi connectivity index (χ0v) is 16.4. The third kappa shape index (κ3) is 2.75. The molecule has 28 heavy (non-hydrogen) atoms. The van der Waals surface area contributed by atoms with Crippen LogP contribution in [0.1, 0.15) is 17.0 Å². The molecule has 6 heteroatoms. The molecule has 1 fully saturated rings. The van der Waals surface area contributed by atoms with Crippen LogP contribution in [0.15, 0.2) is 70.2 Å². The van der Waals surface area contributed by atoms with E-state index in [-0.39, 0.29) is 11.2 Å². The highest BCUT2D eigenvalue weighted by molar-refractivity contribution is 7.92. The number of methoxy groups -OCH3 is 1. The zero-order valence-electron chi connectivity index (χ0n) is 15.5. The summed E-state index contributed by atoms with van der Waals surface area (Å²) in [6, 6.07) is 17.3. The van der Waals surface area contributed by atoms with Gasteiger partial charge in [-0.3, -0.25) is 4.90 Å². The number of furan rings is 1. The van der Waals surface area contributed by atoms with E-state index in [0.29, 0.717) is 11.4 Å². The van der Waals surface area contributed by atoms with Gasteiger partial charge < -0.3 is 9.15 Å². The molecule has 3 aromatic rings. The monoisotopic (exact) mass is 395 g/mol. The molecule has 0 saturated carbocycles. The Morgan fingerprint density at radius 3 is 2.64 bits per heavy atom. The molecule has 2 atom stereocenters. The first-order valence-corrected chi connectivity index (χ1v) is 10.9. The number of benzene rings is 2. The van der Waals surface area contributed by atoms with Crippen LogP contribution in [-0.2, 0) is 16.4 Å². The zero-order chi connectivity index (χ0) is 19.3. The lowest BCUT2D eigenvalue weighted by atomic mass is 9.96. The smallest absolute Gasteiger partial charge is 0.183 e. The number of likely N-dealkylation sites (tertiary alicyclic amines) is 1. The molecule has 0 aliphatic carbocycles. The maximum Gasteiger partial charge on any atom is 0.183 e. The molecule has 2 aromatic carbocycles. The van der Waals surface area contributed by atoms with Gasteiger partial charge in [-0.05, 0) is 53.6 Å². The number of hydrogen-bond donors (Lipinski definition) is 0. The van der Waals surface area contributed by atoms with Gasteiger partial charge in [-0.25, -0.2) is 8.42 Å². The minimum atomic E-state index is -3.30. The van der Waals surface area contributed by atoms with Gasteiger partial charge in [0.2, 0.25) is 0 Å². The minimum Gasteiger partial charge on any atom is -0.497 e. The molecule has 144 valence electrons. The van der Waals surface area contributed by atoms with Crippen molar-refractivity contribution in [3.05, 3.63) is 72.0 Å². The molecule has 5 rings (SSSR count). The van der Waals surface area contributed by atoms with E-state index >= 15 is 0 Å². The van der Waals surface area contributed by atoms with Crippen LogP contribution in [0.2, 0.25) is 0 Å². The predicted octanol–water partition coefficient (Wildman–Crippen LogP) is 3.71. The van der Waals surface area contributed by atoms with E-state index in [0.717, 1.165) is 41.3 Å². The van der Waals surface area contributed by atoms with Crippen LogP contribution in [0, 0.1) is 0 Å². The fraction of sp³-hybridized carbons (Fsp3) is 0.273. The highest BCUT2D eigenvalue weighted by Crippen LogP contribution is 2.46. The third-order valence-electron chi connectivity index (χ3n) is 5.83. The summed E-state index contributed by atoms with van der Waals surface area (Å²) >= 11 is 0. The van der Waals surface area contributed by atoms with E-state index in [4.69, 9.17) is 9.15 Å². The SMILES string of the molecule is COc1ccc(CN2C[C@H]3c4cc(-c5ccco5)ccc4S(=O)(=O)[C@H]3C2)cc1. The molecule has 5 nitrogen and oxygen atoms in total. The number of sulfone groups is 1. The molecule has 0 amide bonds. The van der Waals surface area contributed by atoms with Crippen molar-refractivity contribution >= 4 is 9.84 Å². The summed E-state index contributed by atoms with van der Waals surface area (Å²) in [7, 11) is -1.65. The summed E-state index contributed by atoms with van der Waals surface area (Å²) in [5.41, 5.74) is 3.01. The minimum absolute atomic E-state index is 0.00756. The first kappa shape index (κ1) is 17.5. The molecular weight excluding hydrogens is 374 g/mol. The lowest BCUT2D eigenvalue weighted by molar-refractivity contribution is 0.325. The van der Waals surface area contributed by atoms with Crippen molar-refractivity contribution in [3.63, 3.8) is 0 Å². The van der Waals surface area contributed by atoms with Gasteiger partial charge in [-0.2, -0.15) is 0 Å². The predicted molar refractivity (Wildman–Crippen MR) is 106 cm³/mol. The molecule has 0 N–H and O–H groups in total. The number of rotatable bonds is 4. The van der Waals surface area contributed by atoms with Gasteiger partial charge in [-0.15, -0.1) is 0 Å². The van der Waals surface area contributed by atoms with Gasteiger partial charge in [0, 0.05) is 31.1 Å². The topological polar surface area (TPSA) is 59.8 Å². The number of ether oxygens (including phenoxy) is 1. The Hall–Kier alpha value is -2.57. The van der Waals surface area contributed by atoms with Crippen LogP contribution in [0.25, 0.3) is 11.3 Å². The highest BCUT2D eigenvalue weighted by Gasteiger charge is 2.50. The molecular formula is C22H21NO4S. The van der Waals surface area contributed by atoms with Crippen LogP contribution in [0.4, 0.5) is 0 Å². The number of fused-ring (bicyclic) bond motifs is 3. The Balaban J connectivity index is 1.43. The second kappa shape index (κ2) is 6.50. The molecule has 1 saturated heterocycles. The van der Waals surface area contributed by atoms with Gasteiger partial charge in [0.05, 0.1) is 23.5 Å². The molecule has 2 aliphatic rings. The van der Waals surface area contributed by atoms with Crippen LogP contribution >= 0.6 is 0 Å². The van der Waals surface area contributed by atoms with Gasteiger partial charge in [0.1, 0.15) is 11.5 Å². The summed E-state index contributed by atoms with van der Waals surface area (Å²) in [5, 5.41) is -0.368. The summed E-state index contributed by atoms with van der Waals surface area (Å²) in [5.74, 6) is 1.59. The van der Waals surface area contributed by atoms with E-state index in [1.165, 1.54) is 0 Å². The second-order valence-electron chi connectivity index (χ2n) is 7.46. The van der Waals surface area contributed by atoms with E-state index in [1.807, 2.05) is 48.5 Å². The van der Waals surface area contributed by atoms with Crippen molar-refractivity contribution < 1.29 is 17.6 Å². The van der Waals surface area contributed by atoms with Crippen LogP contribution in [-0.4, -0.2) is 38.8 Å². The van der Waals surface area contributed by atoms with Crippen molar-refractivity contribution in [1.29, 1.82) is 0 Å². The van der Waals surface area contributed by atoms with Crippen LogP contribution in [0.3, 0.4) is 0 Å².